The van der Waals surface area contributed by atoms with Crippen LogP contribution in [-0.2, 0) is 16.0 Å². The molecule has 1 aromatic carbocycles. The lowest BCUT2D eigenvalue weighted by Crippen LogP contribution is -2.58. The van der Waals surface area contributed by atoms with Gasteiger partial charge < -0.3 is 19.5 Å². The molecule has 0 aromatic heterocycles. The molecular formula is C19H25NO5. The fraction of sp³-hybridized carbons (Fsp3) is 0.579. The molecular weight excluding hydrogens is 322 g/mol. The molecule has 0 bridgehead atoms. The zero-order valence-corrected chi connectivity index (χ0v) is 15.2. The van der Waals surface area contributed by atoms with E-state index in [1.54, 1.807) is 11.0 Å². The molecule has 1 saturated heterocycles. The smallest absolute Gasteiger partial charge is 0.306 e. The van der Waals surface area contributed by atoms with E-state index in [0.717, 1.165) is 17.7 Å². The molecule has 0 radical (unpaired) electrons. The number of carboxylic acid groups (broad SMARTS) is 1. The average molecular weight is 347 g/mol. The van der Waals surface area contributed by atoms with E-state index in [1.807, 2.05) is 39.8 Å². The lowest BCUT2D eigenvalue weighted by atomic mass is 9.96. The minimum atomic E-state index is -0.922. The van der Waals surface area contributed by atoms with Gasteiger partial charge in [-0.1, -0.05) is 0 Å². The van der Waals surface area contributed by atoms with E-state index in [0.29, 0.717) is 12.2 Å². The van der Waals surface area contributed by atoms with Crippen molar-refractivity contribution in [3.05, 3.63) is 29.3 Å². The molecule has 1 N–H and O–H groups in total. The molecule has 2 aliphatic heterocycles. The number of fused-ring (bicyclic) bond motifs is 1. The number of carboxylic acids is 1. The minimum absolute atomic E-state index is 0.101. The second-order valence-corrected chi connectivity index (χ2v) is 8.12. The van der Waals surface area contributed by atoms with Crippen LogP contribution in [0.25, 0.3) is 0 Å². The maximum absolute atomic E-state index is 13.1. The van der Waals surface area contributed by atoms with E-state index in [2.05, 4.69) is 0 Å². The first-order valence-electron chi connectivity index (χ1n) is 8.55. The predicted octanol–water partition coefficient (Wildman–Crippen LogP) is 2.49. The van der Waals surface area contributed by atoms with Crippen LogP contribution < -0.4 is 4.74 Å². The maximum atomic E-state index is 13.1. The SMILES string of the molecule is CC1(C)Cc2cc(C(=O)N3CC(CC(=O)O)OCC3(C)C)ccc2O1. The quantitative estimate of drug-likeness (QED) is 0.909. The molecule has 0 saturated carbocycles. The molecule has 3 rings (SSSR count). The third-order valence-electron chi connectivity index (χ3n) is 4.75. The van der Waals surface area contributed by atoms with E-state index < -0.39 is 17.6 Å². The first kappa shape index (κ1) is 17.7. The fourth-order valence-electron chi connectivity index (χ4n) is 3.48. The topological polar surface area (TPSA) is 76.1 Å². The van der Waals surface area contributed by atoms with Crippen molar-refractivity contribution in [1.29, 1.82) is 0 Å². The third kappa shape index (κ3) is 3.63. The normalized spacial score (nSPS) is 23.7. The summed E-state index contributed by atoms with van der Waals surface area (Å²) in [5.41, 5.74) is 0.892. The van der Waals surface area contributed by atoms with E-state index in [4.69, 9.17) is 14.6 Å². The average Bonchev–Trinajstić information content (AvgIpc) is 2.80. The molecule has 0 spiro atoms. The van der Waals surface area contributed by atoms with Gasteiger partial charge in [0, 0.05) is 18.5 Å². The van der Waals surface area contributed by atoms with Crippen molar-refractivity contribution in [2.24, 2.45) is 0 Å². The summed E-state index contributed by atoms with van der Waals surface area (Å²) >= 11 is 0. The largest absolute Gasteiger partial charge is 0.487 e. The molecule has 1 fully saturated rings. The zero-order chi connectivity index (χ0) is 18.4. The maximum Gasteiger partial charge on any atom is 0.306 e. The number of rotatable bonds is 3. The van der Waals surface area contributed by atoms with Gasteiger partial charge in [0.15, 0.2) is 0 Å². The number of hydrogen-bond donors (Lipinski definition) is 1. The summed E-state index contributed by atoms with van der Waals surface area (Å²) in [6, 6.07) is 5.52. The summed E-state index contributed by atoms with van der Waals surface area (Å²) in [6.45, 7) is 8.50. The van der Waals surface area contributed by atoms with Gasteiger partial charge in [-0.2, -0.15) is 0 Å². The van der Waals surface area contributed by atoms with Gasteiger partial charge in [0.05, 0.1) is 24.7 Å². The number of amides is 1. The fourth-order valence-corrected chi connectivity index (χ4v) is 3.48. The highest BCUT2D eigenvalue weighted by atomic mass is 16.5. The molecule has 25 heavy (non-hydrogen) atoms. The monoisotopic (exact) mass is 347 g/mol. The van der Waals surface area contributed by atoms with Crippen molar-refractivity contribution in [3.8, 4) is 5.75 Å². The molecule has 136 valence electrons. The van der Waals surface area contributed by atoms with Crippen LogP contribution in [0.1, 0.15) is 50.0 Å². The number of ether oxygens (including phenoxy) is 2. The van der Waals surface area contributed by atoms with Crippen molar-refractivity contribution in [1.82, 2.24) is 4.90 Å². The second-order valence-electron chi connectivity index (χ2n) is 8.12. The standard InChI is InChI=1S/C19H25NO5/c1-18(2)11-24-14(8-16(21)22)10-20(18)17(23)12-5-6-15-13(7-12)9-19(3,4)25-15/h5-7,14H,8-11H2,1-4H3,(H,21,22). The number of nitrogens with zero attached hydrogens (tertiary/aromatic N) is 1. The molecule has 6 heteroatoms. The highest BCUT2D eigenvalue weighted by Crippen LogP contribution is 2.36. The molecule has 1 aromatic rings. The molecule has 1 unspecified atom stereocenters. The Labute approximate surface area is 147 Å². The Bertz CT molecular complexity index is 710. The highest BCUT2D eigenvalue weighted by Gasteiger charge is 2.39. The molecule has 0 aliphatic carbocycles. The first-order chi connectivity index (χ1) is 11.6. The van der Waals surface area contributed by atoms with Gasteiger partial charge in [0.1, 0.15) is 11.4 Å². The van der Waals surface area contributed by atoms with Gasteiger partial charge >= 0.3 is 5.97 Å². The predicted molar refractivity (Wildman–Crippen MR) is 92.0 cm³/mol. The van der Waals surface area contributed by atoms with E-state index >= 15 is 0 Å². The Hall–Kier alpha value is -2.08. The molecule has 1 atom stereocenters. The van der Waals surface area contributed by atoms with Crippen molar-refractivity contribution >= 4 is 11.9 Å². The van der Waals surface area contributed by atoms with Crippen LogP contribution in [-0.4, -0.2) is 52.3 Å². The molecule has 2 heterocycles. The number of benzene rings is 1. The van der Waals surface area contributed by atoms with Gasteiger partial charge in [-0.25, -0.2) is 0 Å². The van der Waals surface area contributed by atoms with Crippen LogP contribution in [0.2, 0.25) is 0 Å². The zero-order valence-electron chi connectivity index (χ0n) is 15.2. The number of aliphatic carboxylic acids is 1. The summed E-state index contributed by atoms with van der Waals surface area (Å²) in [4.78, 5) is 25.8. The summed E-state index contributed by atoms with van der Waals surface area (Å²) in [5, 5.41) is 9.00. The number of carbonyl (C=O) groups is 2. The van der Waals surface area contributed by atoms with Crippen LogP contribution in [0.5, 0.6) is 5.75 Å². The van der Waals surface area contributed by atoms with Crippen LogP contribution in [0.3, 0.4) is 0 Å². The number of morpholine rings is 1. The summed E-state index contributed by atoms with van der Waals surface area (Å²) in [6.07, 6.45) is 0.176. The molecule has 6 nitrogen and oxygen atoms in total. The van der Waals surface area contributed by atoms with Crippen LogP contribution in [0.15, 0.2) is 18.2 Å². The van der Waals surface area contributed by atoms with Crippen molar-refractivity contribution in [2.75, 3.05) is 13.2 Å². The lowest BCUT2D eigenvalue weighted by molar-refractivity contribution is -0.145. The molecule has 2 aliphatic rings. The second kappa shape index (κ2) is 6.02. The first-order valence-corrected chi connectivity index (χ1v) is 8.55. The van der Waals surface area contributed by atoms with Crippen molar-refractivity contribution < 1.29 is 24.2 Å². The van der Waals surface area contributed by atoms with Crippen LogP contribution in [0.4, 0.5) is 0 Å². The lowest BCUT2D eigenvalue weighted by Gasteiger charge is -2.45. The molecule has 1 amide bonds. The van der Waals surface area contributed by atoms with Gasteiger partial charge in [-0.05, 0) is 51.5 Å². The highest BCUT2D eigenvalue weighted by molar-refractivity contribution is 5.95. The Balaban J connectivity index is 1.83. The van der Waals surface area contributed by atoms with Crippen LogP contribution >= 0.6 is 0 Å². The van der Waals surface area contributed by atoms with Crippen molar-refractivity contribution in [3.63, 3.8) is 0 Å². The van der Waals surface area contributed by atoms with Gasteiger partial charge in [0.25, 0.3) is 5.91 Å². The Kier molecular flexibility index (Phi) is 4.27. The Morgan fingerprint density at radius 1 is 1.28 bits per heavy atom. The summed E-state index contributed by atoms with van der Waals surface area (Å²) < 4.78 is 11.5. The van der Waals surface area contributed by atoms with Crippen LogP contribution in [0, 0.1) is 0 Å². The number of hydrogen-bond acceptors (Lipinski definition) is 4. The summed E-state index contributed by atoms with van der Waals surface area (Å²) in [7, 11) is 0. The Morgan fingerprint density at radius 3 is 2.68 bits per heavy atom. The van der Waals surface area contributed by atoms with Gasteiger partial charge in [-0.3, -0.25) is 9.59 Å². The van der Waals surface area contributed by atoms with E-state index in [9.17, 15) is 9.59 Å². The Morgan fingerprint density at radius 2 is 2.00 bits per heavy atom. The number of carbonyl (C=O) groups excluding carboxylic acids is 1. The minimum Gasteiger partial charge on any atom is -0.487 e. The van der Waals surface area contributed by atoms with E-state index in [1.165, 1.54) is 0 Å². The van der Waals surface area contributed by atoms with Gasteiger partial charge in [0.2, 0.25) is 0 Å². The van der Waals surface area contributed by atoms with Crippen molar-refractivity contribution in [2.45, 2.75) is 57.8 Å². The van der Waals surface area contributed by atoms with E-state index in [-0.39, 0.29) is 24.5 Å². The van der Waals surface area contributed by atoms with Gasteiger partial charge in [-0.15, -0.1) is 0 Å². The third-order valence-corrected chi connectivity index (χ3v) is 4.75. The summed E-state index contributed by atoms with van der Waals surface area (Å²) in [5.74, 6) is -0.197.